The Kier molecular flexibility index (Phi) is 5.88. The molecule has 0 aromatic rings. The van der Waals surface area contributed by atoms with E-state index in [1.807, 2.05) is 0 Å². The minimum atomic E-state index is -7.60. The van der Waals surface area contributed by atoms with Gasteiger partial charge in [0.05, 0.1) is 0 Å². The van der Waals surface area contributed by atoms with Crippen molar-refractivity contribution in [3.05, 3.63) is 12.2 Å². The van der Waals surface area contributed by atoms with Crippen molar-refractivity contribution in [1.82, 2.24) is 0 Å². The quantitative estimate of drug-likeness (QED) is 0.296. The fraction of sp³-hybridized carbons (Fsp3) is 0.818. The van der Waals surface area contributed by atoms with Gasteiger partial charge >= 0.3 is 36.0 Å². The molecule has 0 bridgehead atoms. The third-order valence-electron chi connectivity index (χ3n) is 3.36. The maximum atomic E-state index is 13.4. The average molecular weight is 432 g/mol. The van der Waals surface area contributed by atoms with E-state index in [9.17, 15) is 57.3 Å². The van der Waals surface area contributed by atoms with Crippen LogP contribution in [0.2, 0.25) is 0 Å². The van der Waals surface area contributed by atoms with Crippen molar-refractivity contribution in [3.8, 4) is 0 Å². The zero-order valence-electron chi connectivity index (χ0n) is 12.2. The lowest BCUT2D eigenvalue weighted by molar-refractivity contribution is -0.414. The van der Waals surface area contributed by atoms with Crippen molar-refractivity contribution >= 4 is 7.37 Å². The molecule has 1 aliphatic rings. The number of alkyl halides is 12. The molecule has 0 radical (unpaired) electrons. The Bertz CT molecular complexity index is 588. The summed E-state index contributed by atoms with van der Waals surface area (Å²) in [5.74, 6) is -35.7. The molecular formula is C11H9F12O2P. The van der Waals surface area contributed by atoms with Crippen LogP contribution in [0.3, 0.4) is 0 Å². The SMILES string of the molecule is O=P1(OCC(F)(F)C(F)(F)C(F)(F)C(F)(F)C(F)(F)C(F)F)CC=CC1. The standard InChI is InChI=1S/C11H9F12O2P/c12-6(13)8(16,17)10(20,21)11(22,23)9(18,19)7(14,15)5-25-26(24)3-1-2-4-26/h1-2,6H,3-5H2. The van der Waals surface area contributed by atoms with Gasteiger partial charge < -0.3 is 4.52 Å². The molecule has 0 saturated heterocycles. The van der Waals surface area contributed by atoms with Gasteiger partial charge in [-0.25, -0.2) is 8.78 Å². The van der Waals surface area contributed by atoms with Gasteiger partial charge in [-0.3, -0.25) is 4.57 Å². The molecule has 1 aliphatic heterocycles. The van der Waals surface area contributed by atoms with Crippen molar-refractivity contribution in [1.29, 1.82) is 0 Å². The van der Waals surface area contributed by atoms with Crippen LogP contribution in [0.25, 0.3) is 0 Å². The van der Waals surface area contributed by atoms with Gasteiger partial charge in [-0.15, -0.1) is 0 Å². The van der Waals surface area contributed by atoms with Crippen LogP contribution in [0.15, 0.2) is 12.2 Å². The van der Waals surface area contributed by atoms with Crippen LogP contribution < -0.4 is 0 Å². The summed E-state index contributed by atoms with van der Waals surface area (Å²) in [7, 11) is -4.00. The van der Waals surface area contributed by atoms with Crippen LogP contribution in [0.4, 0.5) is 52.7 Å². The summed E-state index contributed by atoms with van der Waals surface area (Å²) in [6.07, 6.45) is -4.40. The largest absolute Gasteiger partial charge is 0.384 e. The Morgan fingerprint density at radius 1 is 0.808 bits per heavy atom. The van der Waals surface area contributed by atoms with Gasteiger partial charge in [0.2, 0.25) is 7.37 Å². The first-order chi connectivity index (χ1) is 11.4. The molecule has 0 unspecified atom stereocenters. The van der Waals surface area contributed by atoms with Crippen LogP contribution in [-0.4, -0.2) is 55.0 Å². The summed E-state index contributed by atoms with van der Waals surface area (Å²) < 4.78 is 170. The first-order valence-corrected chi connectivity index (χ1v) is 8.40. The summed E-state index contributed by atoms with van der Waals surface area (Å²) in [6, 6.07) is 0. The first-order valence-electron chi connectivity index (χ1n) is 6.40. The fourth-order valence-electron chi connectivity index (χ4n) is 1.71. The van der Waals surface area contributed by atoms with E-state index >= 15 is 0 Å². The minimum Gasteiger partial charge on any atom is -0.321 e. The highest BCUT2D eigenvalue weighted by Gasteiger charge is 2.87. The molecule has 0 atom stereocenters. The summed E-state index contributed by atoms with van der Waals surface area (Å²) in [6.45, 7) is -2.79. The molecule has 0 spiro atoms. The fourth-order valence-corrected chi connectivity index (χ4v) is 3.41. The number of hydrogen-bond donors (Lipinski definition) is 0. The van der Waals surface area contributed by atoms with Gasteiger partial charge in [0.1, 0.15) is 6.61 Å². The van der Waals surface area contributed by atoms with E-state index in [4.69, 9.17) is 0 Å². The highest BCUT2D eigenvalue weighted by Crippen LogP contribution is 2.59. The monoisotopic (exact) mass is 432 g/mol. The Balaban J connectivity index is 3.16. The van der Waals surface area contributed by atoms with E-state index in [2.05, 4.69) is 4.52 Å². The summed E-state index contributed by atoms with van der Waals surface area (Å²) >= 11 is 0. The van der Waals surface area contributed by atoms with Gasteiger partial charge in [-0.05, 0) is 0 Å². The maximum absolute atomic E-state index is 13.4. The number of hydrogen-bond acceptors (Lipinski definition) is 2. The molecule has 0 fully saturated rings. The molecule has 154 valence electrons. The number of rotatable bonds is 8. The Morgan fingerprint density at radius 3 is 1.62 bits per heavy atom. The average Bonchev–Trinajstić information content (AvgIpc) is 2.91. The van der Waals surface area contributed by atoms with Crippen LogP contribution in [0, 0.1) is 0 Å². The topological polar surface area (TPSA) is 26.3 Å². The third-order valence-corrected chi connectivity index (χ3v) is 5.49. The van der Waals surface area contributed by atoms with Crippen LogP contribution >= 0.6 is 7.37 Å². The first kappa shape index (κ1) is 23.1. The second-order valence-electron chi connectivity index (χ2n) is 5.28. The molecule has 1 rings (SSSR count). The highest BCUT2D eigenvalue weighted by atomic mass is 31.2. The molecule has 2 nitrogen and oxygen atoms in total. The second-order valence-corrected chi connectivity index (χ2v) is 7.89. The van der Waals surface area contributed by atoms with Crippen molar-refractivity contribution in [2.75, 3.05) is 18.9 Å². The number of allylic oxidation sites excluding steroid dienone is 2. The molecule has 1 heterocycles. The van der Waals surface area contributed by atoms with E-state index in [1.54, 1.807) is 0 Å². The lowest BCUT2D eigenvalue weighted by Gasteiger charge is -2.39. The van der Waals surface area contributed by atoms with Crippen molar-refractivity contribution < 1.29 is 61.8 Å². The minimum absolute atomic E-state index is 0.537. The Hall–Kier alpha value is -0.910. The molecule has 0 aliphatic carbocycles. The zero-order chi connectivity index (χ0) is 20.8. The molecule has 0 aromatic carbocycles. The lowest BCUT2D eigenvalue weighted by atomic mass is 9.95. The molecule has 0 N–H and O–H groups in total. The van der Waals surface area contributed by atoms with Gasteiger partial charge in [0.25, 0.3) is 0 Å². The van der Waals surface area contributed by atoms with Gasteiger partial charge in [0.15, 0.2) is 0 Å². The molecule has 0 amide bonds. The van der Waals surface area contributed by atoms with Gasteiger partial charge in [-0.2, -0.15) is 43.9 Å². The van der Waals surface area contributed by atoms with Crippen molar-refractivity contribution in [2.45, 2.75) is 36.0 Å². The van der Waals surface area contributed by atoms with Gasteiger partial charge in [-0.1, -0.05) is 12.2 Å². The van der Waals surface area contributed by atoms with E-state index < -0.39 is 62.3 Å². The maximum Gasteiger partial charge on any atom is 0.384 e. The molecule has 0 aromatic heterocycles. The van der Waals surface area contributed by atoms with E-state index in [0.717, 1.165) is 12.2 Å². The molecule has 15 heteroatoms. The zero-order valence-corrected chi connectivity index (χ0v) is 13.0. The van der Waals surface area contributed by atoms with Gasteiger partial charge in [0, 0.05) is 12.3 Å². The van der Waals surface area contributed by atoms with Crippen LogP contribution in [0.5, 0.6) is 0 Å². The Labute approximate surface area is 137 Å². The van der Waals surface area contributed by atoms with Crippen LogP contribution in [0.1, 0.15) is 0 Å². The van der Waals surface area contributed by atoms with Crippen molar-refractivity contribution in [3.63, 3.8) is 0 Å². The van der Waals surface area contributed by atoms with E-state index in [-0.39, 0.29) is 0 Å². The summed E-state index contributed by atoms with van der Waals surface area (Å²) in [5, 5.41) is 0. The van der Waals surface area contributed by atoms with E-state index in [0.29, 0.717) is 0 Å². The van der Waals surface area contributed by atoms with E-state index in [1.165, 1.54) is 0 Å². The van der Waals surface area contributed by atoms with Crippen molar-refractivity contribution in [2.24, 2.45) is 0 Å². The highest BCUT2D eigenvalue weighted by molar-refractivity contribution is 7.59. The lowest BCUT2D eigenvalue weighted by Crippen LogP contribution is -2.69. The normalized spacial score (nSPS) is 19.4. The predicted octanol–water partition coefficient (Wildman–Crippen LogP) is 5.29. The third kappa shape index (κ3) is 3.46. The Morgan fingerprint density at radius 2 is 1.23 bits per heavy atom. The number of halogens is 12. The summed E-state index contributed by atoms with van der Waals surface area (Å²) in [5.41, 5.74) is 0. The smallest absolute Gasteiger partial charge is 0.321 e. The molecule has 26 heavy (non-hydrogen) atoms. The summed E-state index contributed by atoms with van der Waals surface area (Å²) in [4.78, 5) is 0. The molecule has 0 saturated carbocycles. The predicted molar refractivity (Wildman–Crippen MR) is 63.2 cm³/mol. The molecular weight excluding hydrogens is 423 g/mol. The second kappa shape index (κ2) is 6.61. The van der Waals surface area contributed by atoms with Crippen LogP contribution in [-0.2, 0) is 9.09 Å².